The minimum absolute atomic E-state index is 0.0118. The minimum atomic E-state index is -4.44. The Bertz CT molecular complexity index is 1700. The summed E-state index contributed by atoms with van der Waals surface area (Å²) in [6.45, 7) is 0.0937. The number of hydrogen-bond donors (Lipinski definition) is 0. The summed E-state index contributed by atoms with van der Waals surface area (Å²) in [6, 6.07) is 18.1. The van der Waals surface area contributed by atoms with Crippen LogP contribution in [0.4, 0.5) is 13.2 Å². The second-order valence-corrected chi connectivity index (χ2v) is 8.38. The molecule has 5 aromatic rings. The van der Waals surface area contributed by atoms with Gasteiger partial charge >= 0.3 is 11.9 Å². The van der Waals surface area contributed by atoms with E-state index in [4.69, 9.17) is 4.74 Å². The summed E-state index contributed by atoms with van der Waals surface area (Å²) >= 11 is 0. The molecule has 2 heterocycles. The van der Waals surface area contributed by atoms with E-state index in [0.29, 0.717) is 16.5 Å². The molecule has 182 valence electrons. The smallest absolute Gasteiger partial charge is 0.393 e. The van der Waals surface area contributed by atoms with E-state index >= 15 is 0 Å². The van der Waals surface area contributed by atoms with Crippen molar-refractivity contribution >= 4 is 21.7 Å². The van der Waals surface area contributed by atoms with Crippen molar-refractivity contribution in [1.82, 2.24) is 14.1 Å². The molecule has 0 N–H and O–H groups in total. The highest BCUT2D eigenvalue weighted by molar-refractivity contribution is 5.89. The molecule has 0 bridgehead atoms. The molecule has 0 saturated heterocycles. The van der Waals surface area contributed by atoms with Crippen LogP contribution in [0.3, 0.4) is 0 Å². The van der Waals surface area contributed by atoms with Crippen LogP contribution in [0.5, 0.6) is 5.75 Å². The van der Waals surface area contributed by atoms with Gasteiger partial charge in [0.2, 0.25) is 0 Å². The zero-order valence-corrected chi connectivity index (χ0v) is 19.1. The molecule has 0 aliphatic heterocycles. The Kier molecular flexibility index (Phi) is 5.83. The topological polar surface area (TPSA) is 66.1 Å². The van der Waals surface area contributed by atoms with Gasteiger partial charge in [0.1, 0.15) is 5.75 Å². The largest absolute Gasteiger partial charge is 0.497 e. The van der Waals surface area contributed by atoms with E-state index in [9.17, 15) is 22.8 Å². The lowest BCUT2D eigenvalue weighted by atomic mass is 10.1. The lowest BCUT2D eigenvalue weighted by molar-refractivity contribution is -0.127. The van der Waals surface area contributed by atoms with Gasteiger partial charge in [-0.05, 0) is 35.4 Å². The molecule has 2 aromatic heterocycles. The molecule has 0 unspecified atom stereocenters. The molecule has 36 heavy (non-hydrogen) atoms. The lowest BCUT2D eigenvalue weighted by Gasteiger charge is -2.16. The summed E-state index contributed by atoms with van der Waals surface area (Å²) in [5.41, 5.74) is -0.136. The SMILES string of the molecule is COc1ccc(Cn2c(=O)n(-c3cncc4ccccc34)c(=O)c3cc(CC(F)(F)F)ccc32)cc1. The summed E-state index contributed by atoms with van der Waals surface area (Å²) in [7, 11) is 1.54. The Morgan fingerprint density at radius 1 is 0.889 bits per heavy atom. The predicted molar refractivity (Wildman–Crippen MR) is 131 cm³/mol. The van der Waals surface area contributed by atoms with Crippen LogP contribution in [0.25, 0.3) is 27.4 Å². The fourth-order valence-corrected chi connectivity index (χ4v) is 4.32. The molecule has 9 heteroatoms. The van der Waals surface area contributed by atoms with E-state index in [2.05, 4.69) is 4.98 Å². The molecule has 6 nitrogen and oxygen atoms in total. The number of aromatic nitrogens is 3. The van der Waals surface area contributed by atoms with Crippen LogP contribution in [0, 0.1) is 0 Å². The van der Waals surface area contributed by atoms with Crippen molar-refractivity contribution in [2.75, 3.05) is 7.11 Å². The first-order valence-corrected chi connectivity index (χ1v) is 11.1. The molecular formula is C27H20F3N3O3. The molecule has 3 aromatic carbocycles. The van der Waals surface area contributed by atoms with Crippen molar-refractivity contribution in [3.63, 3.8) is 0 Å². The zero-order valence-electron chi connectivity index (χ0n) is 19.1. The molecular weight excluding hydrogens is 471 g/mol. The van der Waals surface area contributed by atoms with Gasteiger partial charge in [0.15, 0.2) is 0 Å². The second kappa shape index (κ2) is 8.99. The fourth-order valence-electron chi connectivity index (χ4n) is 4.32. The number of methoxy groups -OCH3 is 1. The van der Waals surface area contributed by atoms with Crippen LogP contribution in [-0.4, -0.2) is 27.4 Å². The third-order valence-electron chi connectivity index (χ3n) is 6.00. The molecule has 0 saturated carbocycles. The maximum atomic E-state index is 13.8. The van der Waals surface area contributed by atoms with Crippen LogP contribution in [0.2, 0.25) is 0 Å². The van der Waals surface area contributed by atoms with Gasteiger partial charge in [0, 0.05) is 17.0 Å². The highest BCUT2D eigenvalue weighted by Crippen LogP contribution is 2.24. The van der Waals surface area contributed by atoms with Gasteiger partial charge in [-0.25, -0.2) is 9.36 Å². The van der Waals surface area contributed by atoms with Gasteiger partial charge in [-0.1, -0.05) is 42.5 Å². The van der Waals surface area contributed by atoms with Crippen molar-refractivity contribution < 1.29 is 17.9 Å². The van der Waals surface area contributed by atoms with Gasteiger partial charge in [-0.3, -0.25) is 14.3 Å². The Balaban J connectivity index is 1.80. The Morgan fingerprint density at radius 2 is 1.61 bits per heavy atom. The number of rotatable bonds is 5. The quantitative estimate of drug-likeness (QED) is 0.352. The Labute approximate surface area is 202 Å². The summed E-state index contributed by atoms with van der Waals surface area (Å²) in [4.78, 5) is 31.6. The van der Waals surface area contributed by atoms with Gasteiger partial charge in [0.05, 0.1) is 42.9 Å². The van der Waals surface area contributed by atoms with Gasteiger partial charge < -0.3 is 4.74 Å². The first-order valence-electron chi connectivity index (χ1n) is 11.1. The van der Waals surface area contributed by atoms with Gasteiger partial charge in [0.25, 0.3) is 5.56 Å². The number of alkyl halides is 3. The number of nitrogens with zero attached hydrogens (tertiary/aromatic N) is 3. The lowest BCUT2D eigenvalue weighted by Crippen LogP contribution is -2.39. The van der Waals surface area contributed by atoms with Crippen LogP contribution in [-0.2, 0) is 13.0 Å². The van der Waals surface area contributed by atoms with E-state index in [1.54, 1.807) is 55.8 Å². The van der Waals surface area contributed by atoms with E-state index in [1.807, 2.05) is 6.07 Å². The second-order valence-electron chi connectivity index (χ2n) is 8.38. The molecule has 0 aliphatic carbocycles. The molecule has 0 radical (unpaired) electrons. The number of hydrogen-bond acceptors (Lipinski definition) is 4. The number of fused-ring (bicyclic) bond motifs is 2. The monoisotopic (exact) mass is 491 g/mol. The molecule has 5 rings (SSSR count). The summed E-state index contributed by atoms with van der Waals surface area (Å²) in [6.07, 6.45) is -2.60. The number of benzene rings is 3. The third kappa shape index (κ3) is 4.35. The van der Waals surface area contributed by atoms with E-state index in [-0.39, 0.29) is 28.7 Å². The van der Waals surface area contributed by atoms with E-state index in [1.165, 1.54) is 29.0 Å². The molecule has 0 fully saturated rings. The Hall–Kier alpha value is -4.40. The van der Waals surface area contributed by atoms with Gasteiger partial charge in [-0.2, -0.15) is 13.2 Å². The highest BCUT2D eigenvalue weighted by Gasteiger charge is 2.28. The highest BCUT2D eigenvalue weighted by atomic mass is 19.4. The minimum Gasteiger partial charge on any atom is -0.497 e. The van der Waals surface area contributed by atoms with Crippen molar-refractivity contribution in [3.8, 4) is 11.4 Å². The summed E-state index contributed by atoms with van der Waals surface area (Å²) in [5.74, 6) is 0.638. The summed E-state index contributed by atoms with van der Waals surface area (Å²) in [5, 5.41) is 1.35. The number of pyridine rings is 1. The first kappa shape index (κ1) is 23.3. The number of ether oxygens (including phenoxy) is 1. The van der Waals surface area contributed by atoms with Gasteiger partial charge in [-0.15, -0.1) is 0 Å². The van der Waals surface area contributed by atoms with Crippen molar-refractivity contribution in [1.29, 1.82) is 0 Å². The van der Waals surface area contributed by atoms with Crippen molar-refractivity contribution in [3.05, 3.63) is 111 Å². The average Bonchev–Trinajstić information content (AvgIpc) is 2.86. The van der Waals surface area contributed by atoms with Crippen molar-refractivity contribution in [2.45, 2.75) is 19.1 Å². The zero-order chi connectivity index (χ0) is 25.4. The summed E-state index contributed by atoms with van der Waals surface area (Å²) < 4.78 is 46.8. The van der Waals surface area contributed by atoms with Crippen LogP contribution in [0.15, 0.2) is 88.7 Å². The predicted octanol–water partition coefficient (Wildman–Crippen LogP) is 4.86. The molecule has 0 atom stereocenters. The standard InChI is InChI=1S/C27H20F3N3O3/c1-36-20-9-6-17(7-10-20)16-32-23-11-8-18(13-27(28,29)30)12-22(23)25(34)33(26(32)35)24-15-31-14-19-4-2-3-5-21(19)24/h2-12,14-15H,13,16H2,1H3. The van der Waals surface area contributed by atoms with E-state index in [0.717, 1.165) is 10.1 Å². The van der Waals surface area contributed by atoms with Crippen LogP contribution in [0.1, 0.15) is 11.1 Å². The third-order valence-corrected chi connectivity index (χ3v) is 6.00. The van der Waals surface area contributed by atoms with Crippen molar-refractivity contribution in [2.24, 2.45) is 0 Å². The molecule has 0 amide bonds. The Morgan fingerprint density at radius 3 is 2.33 bits per heavy atom. The maximum Gasteiger partial charge on any atom is 0.393 e. The average molecular weight is 491 g/mol. The molecule has 0 aliphatic rings. The molecule has 0 spiro atoms. The van der Waals surface area contributed by atoms with Crippen LogP contribution >= 0.6 is 0 Å². The fraction of sp³-hybridized carbons (Fsp3) is 0.148. The van der Waals surface area contributed by atoms with E-state index < -0.39 is 23.8 Å². The normalized spacial score (nSPS) is 11.8. The van der Waals surface area contributed by atoms with Crippen LogP contribution < -0.4 is 16.0 Å². The first-order chi connectivity index (χ1) is 17.2. The maximum absolute atomic E-state index is 13.8. The number of halogens is 3.